The topological polar surface area (TPSA) is 59.8 Å². The van der Waals surface area contributed by atoms with Gasteiger partial charge < -0.3 is 9.88 Å². The first kappa shape index (κ1) is 15.1. The second kappa shape index (κ2) is 6.12. The van der Waals surface area contributed by atoms with Crippen LogP contribution < -0.4 is 5.32 Å². The third kappa shape index (κ3) is 3.32. The number of nitrogens with zero attached hydrogens (tertiary/aromatic N) is 3. The number of aromatic nitrogens is 3. The van der Waals surface area contributed by atoms with Gasteiger partial charge in [0.2, 0.25) is 5.91 Å². The summed E-state index contributed by atoms with van der Waals surface area (Å²) in [6.45, 7) is 6.01. The van der Waals surface area contributed by atoms with Crippen molar-refractivity contribution in [1.82, 2.24) is 14.8 Å². The van der Waals surface area contributed by atoms with Crippen molar-refractivity contribution >= 4 is 23.4 Å². The first-order valence-electron chi connectivity index (χ1n) is 7.46. The second-order valence-corrected chi connectivity index (χ2v) is 6.73. The lowest BCUT2D eigenvalue weighted by molar-refractivity contribution is -0.113. The molecule has 116 valence electrons. The van der Waals surface area contributed by atoms with Crippen LogP contribution in [-0.2, 0) is 4.79 Å². The zero-order valence-corrected chi connectivity index (χ0v) is 13.9. The maximum atomic E-state index is 12.1. The number of benzene rings is 1. The van der Waals surface area contributed by atoms with Crippen LogP contribution in [0, 0.1) is 20.8 Å². The Balaban J connectivity index is 1.61. The van der Waals surface area contributed by atoms with Crippen LogP contribution in [0.5, 0.6) is 0 Å². The summed E-state index contributed by atoms with van der Waals surface area (Å²) >= 11 is 1.45. The Labute approximate surface area is 134 Å². The zero-order valence-electron chi connectivity index (χ0n) is 13.1. The molecule has 1 aromatic carbocycles. The van der Waals surface area contributed by atoms with Crippen molar-refractivity contribution in [3.05, 3.63) is 35.2 Å². The Morgan fingerprint density at radius 3 is 2.77 bits per heavy atom. The maximum absolute atomic E-state index is 12.1. The molecule has 0 aliphatic heterocycles. The number of rotatable bonds is 5. The quantitative estimate of drug-likeness (QED) is 0.860. The molecule has 0 bridgehead atoms. The van der Waals surface area contributed by atoms with Crippen LogP contribution in [0.1, 0.15) is 35.8 Å². The van der Waals surface area contributed by atoms with Gasteiger partial charge in [0.05, 0.1) is 5.75 Å². The summed E-state index contributed by atoms with van der Waals surface area (Å²) in [5, 5.41) is 12.1. The van der Waals surface area contributed by atoms with Crippen LogP contribution in [0.15, 0.2) is 23.4 Å². The van der Waals surface area contributed by atoms with Gasteiger partial charge in [-0.2, -0.15) is 0 Å². The summed E-state index contributed by atoms with van der Waals surface area (Å²) in [5.74, 6) is 1.26. The summed E-state index contributed by atoms with van der Waals surface area (Å²) in [6.07, 6.45) is 2.36. The minimum absolute atomic E-state index is 0.0139. The fourth-order valence-corrected chi connectivity index (χ4v) is 3.32. The summed E-state index contributed by atoms with van der Waals surface area (Å²) in [7, 11) is 0. The Kier molecular flexibility index (Phi) is 4.20. The van der Waals surface area contributed by atoms with E-state index in [1.807, 2.05) is 32.9 Å². The largest absolute Gasteiger partial charge is 0.325 e. The molecule has 1 aliphatic rings. The molecule has 1 aliphatic carbocycles. The molecule has 1 heterocycles. The first-order valence-corrected chi connectivity index (χ1v) is 8.44. The molecule has 0 spiro atoms. The van der Waals surface area contributed by atoms with E-state index in [1.165, 1.54) is 30.2 Å². The Hall–Kier alpha value is -1.82. The molecule has 5 nitrogen and oxygen atoms in total. The van der Waals surface area contributed by atoms with Crippen molar-refractivity contribution in [2.75, 3.05) is 11.1 Å². The van der Waals surface area contributed by atoms with Gasteiger partial charge in [-0.15, -0.1) is 10.2 Å². The number of hydrogen-bond donors (Lipinski definition) is 1. The van der Waals surface area contributed by atoms with Crippen LogP contribution in [0.4, 0.5) is 5.69 Å². The van der Waals surface area contributed by atoms with Gasteiger partial charge in [0.15, 0.2) is 5.16 Å². The number of thioether (sulfide) groups is 1. The van der Waals surface area contributed by atoms with E-state index in [-0.39, 0.29) is 5.91 Å². The lowest BCUT2D eigenvalue weighted by atomic mass is 10.1. The minimum Gasteiger partial charge on any atom is -0.325 e. The molecule has 2 aromatic rings. The molecular weight excluding hydrogens is 296 g/mol. The minimum atomic E-state index is -0.0139. The number of aryl methyl sites for hydroxylation is 3. The number of anilines is 1. The molecule has 1 aromatic heterocycles. The van der Waals surface area contributed by atoms with Crippen molar-refractivity contribution < 1.29 is 4.79 Å². The number of hydrogen-bond acceptors (Lipinski definition) is 4. The van der Waals surface area contributed by atoms with Gasteiger partial charge in [0.1, 0.15) is 5.82 Å². The van der Waals surface area contributed by atoms with E-state index in [0.717, 1.165) is 22.2 Å². The zero-order chi connectivity index (χ0) is 15.7. The number of nitrogens with one attached hydrogen (secondary N) is 1. The molecule has 0 unspecified atom stereocenters. The molecule has 0 radical (unpaired) electrons. The fourth-order valence-electron chi connectivity index (χ4n) is 2.47. The van der Waals surface area contributed by atoms with Crippen LogP contribution >= 0.6 is 11.8 Å². The Morgan fingerprint density at radius 2 is 2.09 bits per heavy atom. The summed E-state index contributed by atoms with van der Waals surface area (Å²) in [5.41, 5.74) is 3.14. The highest BCUT2D eigenvalue weighted by Gasteiger charge is 2.28. The SMILES string of the molecule is Cc1ccc(NC(=O)CSc2nnc(C)n2C2CC2)c(C)c1. The van der Waals surface area contributed by atoms with E-state index < -0.39 is 0 Å². The van der Waals surface area contributed by atoms with Crippen LogP contribution in [0.2, 0.25) is 0 Å². The van der Waals surface area contributed by atoms with Crippen LogP contribution in [0.25, 0.3) is 0 Å². The van der Waals surface area contributed by atoms with E-state index in [9.17, 15) is 4.79 Å². The standard InChI is InChI=1S/C16H20N4OS/c1-10-4-7-14(11(2)8-10)17-15(21)9-22-16-19-18-12(3)20(16)13-5-6-13/h4,7-8,13H,5-6,9H2,1-3H3,(H,17,21). The van der Waals surface area contributed by atoms with Crippen molar-refractivity contribution in [2.24, 2.45) is 0 Å². The lowest BCUT2D eigenvalue weighted by Gasteiger charge is -2.09. The van der Waals surface area contributed by atoms with Gasteiger partial charge in [-0.05, 0) is 45.2 Å². The Bertz CT molecular complexity index is 706. The molecule has 0 saturated heterocycles. The molecule has 1 fully saturated rings. The predicted octanol–water partition coefficient (Wildman–Crippen LogP) is 3.27. The highest BCUT2D eigenvalue weighted by atomic mass is 32.2. The molecule has 6 heteroatoms. The van der Waals surface area contributed by atoms with E-state index >= 15 is 0 Å². The Morgan fingerprint density at radius 1 is 1.32 bits per heavy atom. The summed E-state index contributed by atoms with van der Waals surface area (Å²) < 4.78 is 2.15. The van der Waals surface area contributed by atoms with Gasteiger partial charge >= 0.3 is 0 Å². The van der Waals surface area contributed by atoms with Crippen molar-refractivity contribution in [1.29, 1.82) is 0 Å². The van der Waals surface area contributed by atoms with Crippen molar-refractivity contribution in [3.8, 4) is 0 Å². The van der Waals surface area contributed by atoms with E-state index in [0.29, 0.717) is 11.8 Å². The average molecular weight is 316 g/mol. The second-order valence-electron chi connectivity index (χ2n) is 5.79. The van der Waals surface area contributed by atoms with Gasteiger partial charge in [-0.1, -0.05) is 29.5 Å². The average Bonchev–Trinajstić information content (AvgIpc) is 3.23. The fraction of sp³-hybridized carbons (Fsp3) is 0.438. The molecule has 1 saturated carbocycles. The summed E-state index contributed by atoms with van der Waals surface area (Å²) in [4.78, 5) is 12.1. The van der Waals surface area contributed by atoms with Crippen LogP contribution in [-0.4, -0.2) is 26.4 Å². The van der Waals surface area contributed by atoms with E-state index in [2.05, 4.69) is 26.1 Å². The first-order chi connectivity index (χ1) is 10.5. The highest BCUT2D eigenvalue weighted by molar-refractivity contribution is 7.99. The lowest BCUT2D eigenvalue weighted by Crippen LogP contribution is -2.15. The maximum Gasteiger partial charge on any atom is 0.234 e. The third-order valence-corrected chi connectivity index (χ3v) is 4.68. The molecule has 22 heavy (non-hydrogen) atoms. The number of amides is 1. The van der Waals surface area contributed by atoms with Gasteiger partial charge in [-0.3, -0.25) is 4.79 Å². The van der Waals surface area contributed by atoms with Gasteiger partial charge in [-0.25, -0.2) is 0 Å². The molecule has 1 amide bonds. The predicted molar refractivity (Wildman–Crippen MR) is 88.3 cm³/mol. The molecular formula is C16H20N4OS. The highest BCUT2D eigenvalue weighted by Crippen LogP contribution is 2.38. The van der Waals surface area contributed by atoms with Crippen LogP contribution in [0.3, 0.4) is 0 Å². The molecule has 1 N–H and O–H groups in total. The summed E-state index contributed by atoms with van der Waals surface area (Å²) in [6, 6.07) is 6.54. The van der Waals surface area contributed by atoms with Crippen molar-refractivity contribution in [3.63, 3.8) is 0 Å². The van der Waals surface area contributed by atoms with Gasteiger partial charge in [0, 0.05) is 11.7 Å². The number of carbonyl (C=O) groups is 1. The number of carbonyl (C=O) groups excluding carboxylic acids is 1. The normalized spacial score (nSPS) is 14.1. The monoisotopic (exact) mass is 316 g/mol. The third-order valence-electron chi connectivity index (χ3n) is 3.74. The van der Waals surface area contributed by atoms with Gasteiger partial charge in [0.25, 0.3) is 0 Å². The molecule has 3 rings (SSSR count). The molecule has 0 atom stereocenters. The van der Waals surface area contributed by atoms with E-state index in [1.54, 1.807) is 0 Å². The van der Waals surface area contributed by atoms with Crippen molar-refractivity contribution in [2.45, 2.75) is 44.8 Å². The van der Waals surface area contributed by atoms with E-state index in [4.69, 9.17) is 0 Å². The smallest absolute Gasteiger partial charge is 0.234 e.